The molecule has 0 heterocycles. The van der Waals surface area contributed by atoms with Crippen LogP contribution in [-0.2, 0) is 9.53 Å². The van der Waals surface area contributed by atoms with Crippen molar-refractivity contribution >= 4 is 5.97 Å². The van der Waals surface area contributed by atoms with Gasteiger partial charge in [0.1, 0.15) is 0 Å². The monoisotopic (exact) mass is 441 g/mol. The van der Waals surface area contributed by atoms with Crippen LogP contribution in [0.15, 0.2) is 0 Å². The quantitative estimate of drug-likeness (QED) is 0.119. The zero-order valence-corrected chi connectivity index (χ0v) is 21.2. The molecule has 31 heavy (non-hydrogen) atoms. The summed E-state index contributed by atoms with van der Waals surface area (Å²) >= 11 is 0. The molecule has 1 N–H and O–H groups in total. The molecule has 0 fully saturated rings. The molecule has 186 valence electrons. The highest BCUT2D eigenvalue weighted by molar-refractivity contribution is 5.69. The highest BCUT2D eigenvalue weighted by Crippen LogP contribution is 2.14. The fourth-order valence-corrected chi connectivity index (χ4v) is 4.20. The maximum absolute atomic E-state index is 11.4. The molecule has 0 aliphatic carbocycles. The molecule has 0 spiro atoms. The first-order chi connectivity index (χ1) is 15.2. The zero-order chi connectivity index (χ0) is 22.8. The largest absolute Gasteiger partial charge is 0.466 e. The van der Waals surface area contributed by atoms with E-state index >= 15 is 0 Å². The van der Waals surface area contributed by atoms with Crippen molar-refractivity contribution in [2.24, 2.45) is 0 Å². The lowest BCUT2D eigenvalue weighted by Gasteiger charge is -2.21. The number of carbonyl (C=O) groups excluding carboxylic acids is 1. The highest BCUT2D eigenvalue weighted by Gasteiger charge is 2.06. The van der Waals surface area contributed by atoms with E-state index in [-0.39, 0.29) is 12.6 Å². The van der Waals surface area contributed by atoms with E-state index in [0.717, 1.165) is 32.5 Å². The van der Waals surface area contributed by atoms with E-state index in [9.17, 15) is 9.90 Å². The van der Waals surface area contributed by atoms with Crippen molar-refractivity contribution in [2.75, 3.05) is 32.8 Å². The fourth-order valence-electron chi connectivity index (χ4n) is 4.20. The molecule has 0 atom stereocenters. The van der Waals surface area contributed by atoms with Crippen molar-refractivity contribution in [1.82, 2.24) is 4.90 Å². The van der Waals surface area contributed by atoms with E-state index in [1.54, 1.807) is 0 Å². The maximum Gasteiger partial charge on any atom is 0.305 e. The van der Waals surface area contributed by atoms with E-state index < -0.39 is 0 Å². The number of hydrogen-bond donors (Lipinski definition) is 1. The molecule has 0 saturated heterocycles. The van der Waals surface area contributed by atoms with Crippen molar-refractivity contribution in [3.05, 3.63) is 0 Å². The van der Waals surface area contributed by atoms with E-state index in [0.29, 0.717) is 13.0 Å². The van der Waals surface area contributed by atoms with Gasteiger partial charge in [0, 0.05) is 13.0 Å². The summed E-state index contributed by atoms with van der Waals surface area (Å²) in [7, 11) is 0. The molecule has 0 rings (SSSR count). The van der Waals surface area contributed by atoms with Crippen LogP contribution in [-0.4, -0.2) is 48.8 Å². The molecule has 0 saturated carbocycles. The van der Waals surface area contributed by atoms with Crippen LogP contribution in [0.5, 0.6) is 0 Å². The van der Waals surface area contributed by atoms with E-state index in [1.165, 1.54) is 103 Å². The molecule has 0 aliphatic rings. The topological polar surface area (TPSA) is 49.8 Å². The second-order valence-corrected chi connectivity index (χ2v) is 9.13. The van der Waals surface area contributed by atoms with Crippen LogP contribution in [0.4, 0.5) is 0 Å². The summed E-state index contributed by atoms with van der Waals surface area (Å²) in [6.07, 6.45) is 24.7. The van der Waals surface area contributed by atoms with Crippen LogP contribution in [0.3, 0.4) is 0 Å². The third-order valence-electron chi connectivity index (χ3n) is 6.15. The number of nitrogens with zero attached hydrogens (tertiary/aromatic N) is 1. The number of ether oxygens (including phenoxy) is 1. The second kappa shape index (κ2) is 25.6. The van der Waals surface area contributed by atoms with Gasteiger partial charge in [0.25, 0.3) is 0 Å². The minimum absolute atomic E-state index is 0.0889. The van der Waals surface area contributed by atoms with E-state index in [1.807, 2.05) is 6.92 Å². The number of esters is 1. The fraction of sp³-hybridized carbons (Fsp3) is 0.963. The van der Waals surface area contributed by atoms with Gasteiger partial charge in [-0.2, -0.15) is 0 Å². The Hall–Kier alpha value is -0.610. The predicted molar refractivity (Wildman–Crippen MR) is 134 cm³/mol. The molecular formula is C27H55NO3. The Labute approximate surface area is 194 Å². The summed E-state index contributed by atoms with van der Waals surface area (Å²) < 4.78 is 4.97. The van der Waals surface area contributed by atoms with Crippen LogP contribution >= 0.6 is 0 Å². The molecule has 4 heteroatoms. The van der Waals surface area contributed by atoms with Gasteiger partial charge >= 0.3 is 5.97 Å². The number of unbranched alkanes of at least 4 members (excludes halogenated alkanes) is 16. The summed E-state index contributed by atoms with van der Waals surface area (Å²) in [5.41, 5.74) is 0. The van der Waals surface area contributed by atoms with Gasteiger partial charge < -0.3 is 14.7 Å². The van der Waals surface area contributed by atoms with Gasteiger partial charge in [-0.05, 0) is 39.3 Å². The van der Waals surface area contributed by atoms with Gasteiger partial charge in [-0.1, -0.05) is 103 Å². The molecule has 4 nitrogen and oxygen atoms in total. The summed E-state index contributed by atoms with van der Waals surface area (Å²) in [5, 5.41) is 9.27. The van der Waals surface area contributed by atoms with E-state index in [2.05, 4.69) is 11.8 Å². The van der Waals surface area contributed by atoms with Crippen LogP contribution in [0.2, 0.25) is 0 Å². The number of aliphatic hydroxyl groups excluding tert-OH is 1. The van der Waals surface area contributed by atoms with Gasteiger partial charge in [-0.15, -0.1) is 0 Å². The van der Waals surface area contributed by atoms with Gasteiger partial charge in [0.15, 0.2) is 0 Å². The van der Waals surface area contributed by atoms with Crippen molar-refractivity contribution in [3.63, 3.8) is 0 Å². The Morgan fingerprint density at radius 2 is 1.03 bits per heavy atom. The van der Waals surface area contributed by atoms with Crippen LogP contribution in [0, 0.1) is 0 Å². The van der Waals surface area contributed by atoms with E-state index in [4.69, 9.17) is 4.74 Å². The third kappa shape index (κ3) is 23.9. The normalized spacial score (nSPS) is 11.4. The standard InChI is InChI=1S/C27H55NO3/c1-3-5-6-7-8-9-10-11-12-13-14-15-16-17-18-20-23-28(25-26-29)24-21-19-22-27(30)31-4-2/h29H,3-26H2,1-2H3. The van der Waals surface area contributed by atoms with Crippen molar-refractivity contribution in [2.45, 2.75) is 136 Å². The Morgan fingerprint density at radius 1 is 0.613 bits per heavy atom. The molecule has 0 bridgehead atoms. The Bertz CT molecular complexity index is 362. The third-order valence-corrected chi connectivity index (χ3v) is 6.15. The maximum atomic E-state index is 11.4. The Morgan fingerprint density at radius 3 is 1.45 bits per heavy atom. The minimum atomic E-state index is -0.0889. The SMILES string of the molecule is CCCCCCCCCCCCCCCCCCN(CCO)CCCCC(=O)OCC. The first-order valence-electron chi connectivity index (χ1n) is 13.7. The first kappa shape index (κ1) is 30.4. The zero-order valence-electron chi connectivity index (χ0n) is 21.2. The molecule has 0 aromatic carbocycles. The molecular weight excluding hydrogens is 386 g/mol. The number of hydrogen-bond acceptors (Lipinski definition) is 4. The van der Waals surface area contributed by atoms with Crippen molar-refractivity contribution in [3.8, 4) is 0 Å². The predicted octanol–water partition coefficient (Wildman–Crippen LogP) is 7.28. The average Bonchev–Trinajstić information content (AvgIpc) is 2.76. The number of carbonyl (C=O) groups is 1. The molecule has 0 aliphatic heterocycles. The lowest BCUT2D eigenvalue weighted by Crippen LogP contribution is -2.29. The van der Waals surface area contributed by atoms with Gasteiger partial charge in [-0.25, -0.2) is 0 Å². The molecule has 0 aromatic heterocycles. The highest BCUT2D eigenvalue weighted by atomic mass is 16.5. The smallest absolute Gasteiger partial charge is 0.305 e. The van der Waals surface area contributed by atoms with Gasteiger partial charge in [-0.3, -0.25) is 4.79 Å². The summed E-state index contributed by atoms with van der Waals surface area (Å²) in [5.74, 6) is -0.0889. The van der Waals surface area contributed by atoms with Crippen molar-refractivity contribution < 1.29 is 14.6 Å². The number of aliphatic hydroxyl groups is 1. The first-order valence-corrected chi connectivity index (χ1v) is 13.7. The number of rotatable bonds is 25. The molecule has 0 aromatic rings. The summed E-state index contributed by atoms with van der Waals surface area (Å²) in [4.78, 5) is 13.7. The molecule has 0 radical (unpaired) electrons. The second-order valence-electron chi connectivity index (χ2n) is 9.13. The van der Waals surface area contributed by atoms with Crippen LogP contribution in [0.1, 0.15) is 136 Å². The van der Waals surface area contributed by atoms with Crippen LogP contribution < -0.4 is 0 Å². The van der Waals surface area contributed by atoms with Gasteiger partial charge in [0.05, 0.1) is 13.2 Å². The Kier molecular flexibility index (Phi) is 25.1. The lowest BCUT2D eigenvalue weighted by molar-refractivity contribution is -0.143. The molecule has 0 amide bonds. The van der Waals surface area contributed by atoms with Crippen molar-refractivity contribution in [1.29, 1.82) is 0 Å². The van der Waals surface area contributed by atoms with Crippen LogP contribution in [0.25, 0.3) is 0 Å². The van der Waals surface area contributed by atoms with Gasteiger partial charge in [0.2, 0.25) is 0 Å². The lowest BCUT2D eigenvalue weighted by atomic mass is 10.0. The Balaban J connectivity index is 3.39. The summed E-state index contributed by atoms with van der Waals surface area (Å²) in [6, 6.07) is 0. The molecule has 0 unspecified atom stereocenters. The summed E-state index contributed by atoms with van der Waals surface area (Å²) in [6.45, 7) is 7.60. The average molecular weight is 442 g/mol. The minimum Gasteiger partial charge on any atom is -0.466 e.